The second-order valence-electron chi connectivity index (χ2n) is 4.01. The predicted molar refractivity (Wildman–Crippen MR) is 65.6 cm³/mol. The van der Waals surface area contributed by atoms with E-state index in [0.717, 1.165) is 0 Å². The average Bonchev–Trinajstić information content (AvgIpc) is 2.97. The third kappa shape index (κ3) is 2.37. The number of H-pyrrole nitrogens is 1. The first-order valence-electron chi connectivity index (χ1n) is 5.60. The van der Waals surface area contributed by atoms with Crippen LogP contribution in [0.4, 0.5) is 0 Å². The summed E-state index contributed by atoms with van der Waals surface area (Å²) in [6.45, 7) is 1.70. The third-order valence-electron chi connectivity index (χ3n) is 2.80. The van der Waals surface area contributed by atoms with Gasteiger partial charge in [0.05, 0.1) is 19.8 Å². The van der Waals surface area contributed by atoms with E-state index in [1.165, 1.54) is 19.4 Å². The van der Waals surface area contributed by atoms with Gasteiger partial charge in [-0.2, -0.15) is 0 Å². The number of carbonyl (C=O) groups excluding carboxylic acids is 1. The summed E-state index contributed by atoms with van der Waals surface area (Å²) in [6, 6.07) is 3.14. The molecule has 2 heterocycles. The number of aromatic nitrogens is 1. The highest BCUT2D eigenvalue weighted by Crippen LogP contribution is 2.28. The highest BCUT2D eigenvalue weighted by atomic mass is 16.5. The fourth-order valence-electron chi connectivity index (χ4n) is 1.90. The van der Waals surface area contributed by atoms with E-state index in [9.17, 15) is 9.59 Å². The van der Waals surface area contributed by atoms with Crippen molar-refractivity contribution >= 4 is 11.8 Å². The number of carboxylic acids is 1. The maximum absolute atomic E-state index is 12.2. The van der Waals surface area contributed by atoms with Gasteiger partial charge in [0.2, 0.25) is 5.78 Å². The van der Waals surface area contributed by atoms with Gasteiger partial charge in [-0.05, 0) is 19.1 Å². The fraction of sp³-hybridized carbons (Fsp3) is 0.231. The first kappa shape index (κ1) is 12.9. The molecule has 2 aromatic heterocycles. The number of ketones is 1. The zero-order valence-electron chi connectivity index (χ0n) is 10.5. The number of aliphatic carboxylic acids is 1. The molecule has 0 aliphatic rings. The van der Waals surface area contributed by atoms with Gasteiger partial charge in [-0.3, -0.25) is 9.59 Å². The summed E-state index contributed by atoms with van der Waals surface area (Å²) in [5, 5.41) is 8.82. The molecule has 19 heavy (non-hydrogen) atoms. The van der Waals surface area contributed by atoms with E-state index >= 15 is 0 Å². The lowest BCUT2D eigenvalue weighted by molar-refractivity contribution is -0.136. The van der Waals surface area contributed by atoms with Crippen molar-refractivity contribution in [3.63, 3.8) is 0 Å². The van der Waals surface area contributed by atoms with Crippen molar-refractivity contribution in [2.24, 2.45) is 0 Å². The minimum Gasteiger partial charge on any atom is -0.494 e. The summed E-state index contributed by atoms with van der Waals surface area (Å²) in [5.74, 6) is -0.843. The second-order valence-corrected chi connectivity index (χ2v) is 4.01. The summed E-state index contributed by atoms with van der Waals surface area (Å²) in [4.78, 5) is 25.8. The van der Waals surface area contributed by atoms with Crippen molar-refractivity contribution in [2.45, 2.75) is 13.3 Å². The number of furan rings is 1. The lowest BCUT2D eigenvalue weighted by Gasteiger charge is -2.01. The van der Waals surface area contributed by atoms with Gasteiger partial charge in [0.15, 0.2) is 11.5 Å². The van der Waals surface area contributed by atoms with Crippen LogP contribution in [0, 0.1) is 6.92 Å². The van der Waals surface area contributed by atoms with Crippen molar-refractivity contribution in [3.05, 3.63) is 41.1 Å². The van der Waals surface area contributed by atoms with Crippen LogP contribution in [0.5, 0.6) is 5.75 Å². The van der Waals surface area contributed by atoms with Gasteiger partial charge in [-0.25, -0.2) is 0 Å². The number of ether oxygens (including phenoxy) is 1. The maximum Gasteiger partial charge on any atom is 0.309 e. The third-order valence-corrected chi connectivity index (χ3v) is 2.80. The Balaban J connectivity index is 2.45. The topological polar surface area (TPSA) is 92.5 Å². The molecule has 2 rings (SSSR count). The van der Waals surface area contributed by atoms with Crippen molar-refractivity contribution in [2.75, 3.05) is 7.11 Å². The Labute approximate surface area is 109 Å². The van der Waals surface area contributed by atoms with Crippen molar-refractivity contribution in [1.82, 2.24) is 4.98 Å². The van der Waals surface area contributed by atoms with E-state index in [1.807, 2.05) is 0 Å². The SMILES string of the molecule is COc1c(C(=O)c2ccco2)[nH]c(CC(=O)O)c1C. The summed E-state index contributed by atoms with van der Waals surface area (Å²) >= 11 is 0. The summed E-state index contributed by atoms with van der Waals surface area (Å²) in [5.41, 5.74) is 1.25. The van der Waals surface area contributed by atoms with Gasteiger partial charge in [-0.15, -0.1) is 0 Å². The normalized spacial score (nSPS) is 10.4. The quantitative estimate of drug-likeness (QED) is 0.802. The van der Waals surface area contributed by atoms with Crippen LogP contribution in [-0.4, -0.2) is 29.0 Å². The molecule has 0 spiro atoms. The molecule has 0 aliphatic heterocycles. The van der Waals surface area contributed by atoms with Crippen LogP contribution in [-0.2, 0) is 11.2 Å². The summed E-state index contributed by atoms with van der Waals surface area (Å²) in [7, 11) is 1.43. The summed E-state index contributed by atoms with van der Waals surface area (Å²) in [6.07, 6.45) is 1.20. The van der Waals surface area contributed by atoms with Gasteiger partial charge in [0.1, 0.15) is 5.69 Å². The average molecular weight is 263 g/mol. The monoisotopic (exact) mass is 263 g/mol. The molecule has 0 aromatic carbocycles. The van der Waals surface area contributed by atoms with Crippen LogP contribution in [0.15, 0.2) is 22.8 Å². The molecule has 0 atom stereocenters. The molecule has 6 heteroatoms. The number of methoxy groups -OCH3 is 1. The van der Waals surface area contributed by atoms with Gasteiger partial charge < -0.3 is 19.2 Å². The minimum atomic E-state index is -0.982. The predicted octanol–water partition coefficient (Wildman–Crippen LogP) is 1.78. The first-order valence-corrected chi connectivity index (χ1v) is 5.60. The van der Waals surface area contributed by atoms with E-state index in [2.05, 4.69) is 4.98 Å². The highest BCUT2D eigenvalue weighted by molar-refractivity contribution is 6.08. The lowest BCUT2D eigenvalue weighted by Crippen LogP contribution is -2.04. The van der Waals surface area contributed by atoms with Crippen LogP contribution in [0.1, 0.15) is 27.5 Å². The Kier molecular flexibility index (Phi) is 3.41. The number of hydrogen-bond acceptors (Lipinski definition) is 4. The Hall–Kier alpha value is -2.50. The van der Waals surface area contributed by atoms with E-state index in [1.54, 1.807) is 13.0 Å². The van der Waals surface area contributed by atoms with Gasteiger partial charge >= 0.3 is 5.97 Å². The van der Waals surface area contributed by atoms with E-state index in [4.69, 9.17) is 14.3 Å². The van der Waals surface area contributed by atoms with Crippen LogP contribution in [0.3, 0.4) is 0 Å². The highest BCUT2D eigenvalue weighted by Gasteiger charge is 2.24. The molecule has 0 radical (unpaired) electrons. The van der Waals surface area contributed by atoms with Gasteiger partial charge in [-0.1, -0.05) is 0 Å². The molecular weight excluding hydrogens is 250 g/mol. The fourth-order valence-corrected chi connectivity index (χ4v) is 1.90. The largest absolute Gasteiger partial charge is 0.494 e. The van der Waals surface area contributed by atoms with Crippen LogP contribution in [0.25, 0.3) is 0 Å². The van der Waals surface area contributed by atoms with E-state index < -0.39 is 5.97 Å². The number of rotatable bonds is 5. The lowest BCUT2D eigenvalue weighted by atomic mass is 10.1. The van der Waals surface area contributed by atoms with Crippen molar-refractivity contribution < 1.29 is 23.8 Å². The van der Waals surface area contributed by atoms with E-state index in [-0.39, 0.29) is 23.7 Å². The summed E-state index contributed by atoms with van der Waals surface area (Å²) < 4.78 is 10.2. The molecule has 0 saturated heterocycles. The Morgan fingerprint density at radius 1 is 1.47 bits per heavy atom. The molecule has 2 N–H and O–H groups in total. The molecule has 100 valence electrons. The number of hydrogen-bond donors (Lipinski definition) is 2. The Morgan fingerprint density at radius 3 is 2.74 bits per heavy atom. The molecule has 0 unspecified atom stereocenters. The molecule has 0 saturated carbocycles. The van der Waals surface area contributed by atoms with Crippen molar-refractivity contribution in [1.29, 1.82) is 0 Å². The maximum atomic E-state index is 12.2. The zero-order valence-corrected chi connectivity index (χ0v) is 10.5. The zero-order chi connectivity index (χ0) is 14.0. The van der Waals surface area contributed by atoms with Gasteiger partial charge in [0, 0.05) is 11.3 Å². The minimum absolute atomic E-state index is 0.168. The first-order chi connectivity index (χ1) is 9.04. The Bertz CT molecular complexity index is 609. The molecule has 0 fully saturated rings. The Morgan fingerprint density at radius 2 is 2.21 bits per heavy atom. The number of nitrogens with one attached hydrogen (secondary N) is 1. The second kappa shape index (κ2) is 5.01. The molecule has 6 nitrogen and oxygen atoms in total. The number of carbonyl (C=O) groups is 2. The van der Waals surface area contributed by atoms with Gasteiger partial charge in [0.25, 0.3) is 0 Å². The smallest absolute Gasteiger partial charge is 0.309 e. The molecule has 0 aliphatic carbocycles. The van der Waals surface area contributed by atoms with E-state index in [0.29, 0.717) is 17.0 Å². The van der Waals surface area contributed by atoms with Crippen molar-refractivity contribution in [3.8, 4) is 5.75 Å². The molecule has 0 amide bonds. The van der Waals surface area contributed by atoms with Crippen LogP contribution >= 0.6 is 0 Å². The number of aromatic amines is 1. The van der Waals surface area contributed by atoms with Crippen LogP contribution < -0.4 is 4.74 Å². The number of carboxylic acid groups (broad SMARTS) is 1. The molecule has 2 aromatic rings. The molecule has 0 bridgehead atoms. The standard InChI is InChI=1S/C13H13NO5/c1-7-8(6-10(15)16)14-11(13(7)18-2)12(17)9-4-3-5-19-9/h3-5,14H,6H2,1-2H3,(H,15,16). The van der Waals surface area contributed by atoms with Crippen LogP contribution in [0.2, 0.25) is 0 Å². The molecular formula is C13H13NO5.